The lowest BCUT2D eigenvalue weighted by atomic mass is 10.1. The minimum Gasteiger partial charge on any atom is -0.497 e. The van der Waals surface area contributed by atoms with Crippen LogP contribution in [0.3, 0.4) is 0 Å². The van der Waals surface area contributed by atoms with Crippen molar-refractivity contribution in [1.29, 1.82) is 5.26 Å². The number of ether oxygens (including phenoxy) is 2. The highest BCUT2D eigenvalue weighted by atomic mass is 32.2. The lowest BCUT2D eigenvalue weighted by Gasteiger charge is -2.15. The van der Waals surface area contributed by atoms with Crippen molar-refractivity contribution in [3.8, 4) is 23.3 Å². The summed E-state index contributed by atoms with van der Waals surface area (Å²) >= 11 is 1.05. The van der Waals surface area contributed by atoms with Crippen molar-refractivity contribution in [2.75, 3.05) is 23.9 Å². The molecule has 2 aromatic carbocycles. The van der Waals surface area contributed by atoms with Crippen LogP contribution in [0.15, 0.2) is 42.5 Å². The summed E-state index contributed by atoms with van der Waals surface area (Å²) in [6, 6.07) is 11.2. The summed E-state index contributed by atoms with van der Waals surface area (Å²) in [5.74, 6) is 0.396. The van der Waals surface area contributed by atoms with E-state index < -0.39 is 17.6 Å². The Morgan fingerprint density at radius 3 is 2.63 bits per heavy atom. The number of nitrogens with zero attached hydrogens (tertiary/aromatic N) is 1. The van der Waals surface area contributed by atoms with Gasteiger partial charge in [0.2, 0.25) is 5.91 Å². The van der Waals surface area contributed by atoms with E-state index in [1.807, 2.05) is 6.07 Å². The second kappa shape index (κ2) is 9.19. The highest BCUT2D eigenvalue weighted by molar-refractivity contribution is 8.00. The molecule has 0 heterocycles. The van der Waals surface area contributed by atoms with E-state index in [4.69, 9.17) is 14.7 Å². The van der Waals surface area contributed by atoms with E-state index in [9.17, 15) is 18.0 Å². The van der Waals surface area contributed by atoms with Gasteiger partial charge in [-0.15, -0.1) is 11.8 Å². The van der Waals surface area contributed by atoms with Crippen LogP contribution < -0.4 is 14.8 Å². The highest BCUT2D eigenvalue weighted by Gasteiger charge is 2.31. The lowest BCUT2D eigenvalue weighted by Crippen LogP contribution is -2.16. The van der Waals surface area contributed by atoms with Gasteiger partial charge in [0.05, 0.1) is 35.9 Å². The zero-order valence-electron chi connectivity index (χ0n) is 14.2. The van der Waals surface area contributed by atoms with Crippen LogP contribution >= 0.6 is 11.8 Å². The molecule has 5 nitrogen and oxygen atoms in total. The van der Waals surface area contributed by atoms with Gasteiger partial charge in [-0.25, -0.2) is 0 Å². The number of anilines is 1. The number of hydrogen-bond donors (Lipinski definition) is 1. The molecule has 0 atom stereocenters. The first kappa shape index (κ1) is 20.5. The number of rotatable bonds is 7. The number of carbonyl (C=O) groups is 1. The molecule has 0 radical (unpaired) electrons. The van der Waals surface area contributed by atoms with E-state index in [0.29, 0.717) is 11.5 Å². The highest BCUT2D eigenvalue weighted by Crippen LogP contribution is 2.37. The molecule has 0 bridgehead atoms. The Morgan fingerprint density at radius 2 is 1.96 bits per heavy atom. The van der Waals surface area contributed by atoms with Crippen LogP contribution in [0, 0.1) is 11.3 Å². The van der Waals surface area contributed by atoms with Crippen molar-refractivity contribution in [3.63, 3.8) is 0 Å². The summed E-state index contributed by atoms with van der Waals surface area (Å²) in [5.41, 5.74) is -1.03. The number of amides is 1. The number of hydrogen-bond acceptors (Lipinski definition) is 5. The molecule has 1 N–H and O–H groups in total. The molecule has 27 heavy (non-hydrogen) atoms. The number of carbonyl (C=O) groups excluding carboxylic acids is 1. The van der Waals surface area contributed by atoms with Gasteiger partial charge in [0, 0.05) is 6.07 Å². The van der Waals surface area contributed by atoms with Gasteiger partial charge in [-0.1, -0.05) is 6.07 Å². The van der Waals surface area contributed by atoms with Gasteiger partial charge in [-0.3, -0.25) is 4.79 Å². The Hall–Kier alpha value is -2.86. The minimum absolute atomic E-state index is 0.0508. The van der Waals surface area contributed by atoms with Gasteiger partial charge in [0.1, 0.15) is 11.5 Å². The van der Waals surface area contributed by atoms with E-state index in [1.54, 1.807) is 24.3 Å². The second-order valence-electron chi connectivity index (χ2n) is 5.19. The first-order valence-electron chi connectivity index (χ1n) is 7.61. The molecule has 0 saturated heterocycles. The van der Waals surface area contributed by atoms with Crippen LogP contribution in [0.4, 0.5) is 18.9 Å². The number of nitriles is 1. The lowest BCUT2D eigenvalue weighted by molar-refractivity contribution is -0.137. The van der Waals surface area contributed by atoms with E-state index in [1.165, 1.54) is 7.11 Å². The molecule has 0 fully saturated rings. The third-order valence-electron chi connectivity index (χ3n) is 3.25. The van der Waals surface area contributed by atoms with Crippen molar-refractivity contribution in [2.45, 2.75) is 6.18 Å². The molecular formula is C18H15F3N2O3S. The van der Waals surface area contributed by atoms with Crippen LogP contribution in [0.1, 0.15) is 5.56 Å². The van der Waals surface area contributed by atoms with Crippen LogP contribution in [0.5, 0.6) is 17.2 Å². The fourth-order valence-electron chi connectivity index (χ4n) is 2.06. The normalized spacial score (nSPS) is 10.8. The maximum atomic E-state index is 13.0. The smallest absolute Gasteiger partial charge is 0.416 e. The van der Waals surface area contributed by atoms with E-state index in [-0.39, 0.29) is 22.9 Å². The monoisotopic (exact) mass is 396 g/mol. The number of halogens is 3. The molecular weight excluding hydrogens is 381 g/mol. The number of alkyl halides is 3. The first-order chi connectivity index (χ1) is 12.8. The van der Waals surface area contributed by atoms with Gasteiger partial charge in [0.15, 0.2) is 5.75 Å². The zero-order valence-corrected chi connectivity index (χ0v) is 15.0. The first-order valence-corrected chi connectivity index (χ1v) is 8.76. The fourth-order valence-corrected chi connectivity index (χ4v) is 2.51. The van der Waals surface area contributed by atoms with Gasteiger partial charge in [0.25, 0.3) is 0 Å². The third kappa shape index (κ3) is 6.11. The van der Waals surface area contributed by atoms with Gasteiger partial charge in [-0.2, -0.15) is 18.4 Å². The van der Waals surface area contributed by atoms with Gasteiger partial charge >= 0.3 is 6.18 Å². The topological polar surface area (TPSA) is 71.3 Å². The largest absolute Gasteiger partial charge is 0.497 e. The average Bonchev–Trinajstić information content (AvgIpc) is 2.62. The molecule has 0 aromatic heterocycles. The molecule has 1 amide bonds. The molecule has 9 heteroatoms. The van der Waals surface area contributed by atoms with E-state index in [2.05, 4.69) is 5.32 Å². The fraction of sp³-hybridized carbons (Fsp3) is 0.222. The number of methoxy groups -OCH3 is 1. The van der Waals surface area contributed by atoms with Crippen LogP contribution in [0.25, 0.3) is 0 Å². The predicted molar refractivity (Wildman–Crippen MR) is 96.1 cm³/mol. The molecule has 0 aliphatic carbocycles. The van der Waals surface area contributed by atoms with E-state index in [0.717, 1.165) is 30.0 Å². The molecule has 0 aliphatic heterocycles. The summed E-state index contributed by atoms with van der Waals surface area (Å²) in [6.07, 6.45) is -4.57. The van der Waals surface area contributed by atoms with Crippen molar-refractivity contribution < 1.29 is 27.4 Å². The molecule has 142 valence electrons. The Balaban J connectivity index is 2.29. The summed E-state index contributed by atoms with van der Waals surface area (Å²) in [7, 11) is 1.47. The zero-order chi connectivity index (χ0) is 19.9. The predicted octanol–water partition coefficient (Wildman–Crippen LogP) is 4.70. The number of benzene rings is 2. The summed E-state index contributed by atoms with van der Waals surface area (Å²) in [4.78, 5) is 12.0. The molecule has 2 aromatic rings. The van der Waals surface area contributed by atoms with Gasteiger partial charge in [-0.05, 0) is 30.3 Å². The molecule has 0 spiro atoms. The maximum Gasteiger partial charge on any atom is 0.416 e. The van der Waals surface area contributed by atoms with Crippen molar-refractivity contribution >= 4 is 23.4 Å². The summed E-state index contributed by atoms with van der Waals surface area (Å²) in [5, 5.41) is 10.9. The Labute approximate surface area is 158 Å². The Morgan fingerprint density at radius 1 is 1.22 bits per heavy atom. The number of thioether (sulfide) groups is 1. The quantitative estimate of drug-likeness (QED) is 0.687. The van der Waals surface area contributed by atoms with Crippen molar-refractivity contribution in [3.05, 3.63) is 48.0 Å². The third-order valence-corrected chi connectivity index (χ3v) is 4.05. The average molecular weight is 396 g/mol. The molecule has 0 saturated carbocycles. The second-order valence-corrected chi connectivity index (χ2v) is 6.17. The minimum atomic E-state index is -4.57. The molecule has 0 aliphatic rings. The van der Waals surface area contributed by atoms with Crippen molar-refractivity contribution in [1.82, 2.24) is 0 Å². The maximum absolute atomic E-state index is 13.0. The summed E-state index contributed by atoms with van der Waals surface area (Å²) < 4.78 is 49.7. The molecule has 0 unspecified atom stereocenters. The van der Waals surface area contributed by atoms with Crippen LogP contribution in [-0.2, 0) is 11.0 Å². The Kier molecular flexibility index (Phi) is 6.96. The molecule has 2 rings (SSSR count). The van der Waals surface area contributed by atoms with Crippen molar-refractivity contribution in [2.24, 2.45) is 0 Å². The summed E-state index contributed by atoms with van der Waals surface area (Å²) in [6.45, 7) is 0. The standard InChI is InChI=1S/C18H15F3N2O3S/c1-25-13-3-2-4-14(10-13)26-16-6-5-12(18(19,20)21)9-15(16)23-17(24)11-27-8-7-22/h2-6,9-10H,8,11H2,1H3,(H,23,24). The van der Waals surface area contributed by atoms with Crippen LogP contribution in [-0.4, -0.2) is 24.5 Å². The Bertz CT molecular complexity index is 850. The van der Waals surface area contributed by atoms with E-state index >= 15 is 0 Å². The van der Waals surface area contributed by atoms with Gasteiger partial charge < -0.3 is 14.8 Å². The SMILES string of the molecule is COc1cccc(Oc2ccc(C(F)(F)F)cc2NC(=O)CSCC#N)c1. The van der Waals surface area contributed by atoms with Crippen LogP contribution in [0.2, 0.25) is 0 Å². The number of nitrogens with one attached hydrogen (secondary N) is 1.